The van der Waals surface area contributed by atoms with Crippen LogP contribution in [0.3, 0.4) is 0 Å². The molecule has 21 saturated carbocycles. The average Bonchev–Trinajstić information content (AvgIpc) is 1.53. The highest BCUT2D eigenvalue weighted by Crippen LogP contribution is 2.73. The normalized spacial score (nSPS) is 39.6. The summed E-state index contributed by atoms with van der Waals surface area (Å²) < 4.78 is 53.7. The zero-order valence-electron chi connectivity index (χ0n) is 82.5. The Balaban J connectivity index is 0.000000122. The quantitative estimate of drug-likeness (QED) is 0.133. The molecular weight excluding hydrogens is 1450 g/mol. The van der Waals surface area contributed by atoms with Crippen LogP contribution in [-0.4, -0.2) is 114 Å². The smallest absolute Gasteiger partial charge is 0.0687 e. The fourth-order valence-corrected chi connectivity index (χ4v) is 32.9. The van der Waals surface area contributed by atoms with E-state index >= 15 is 0 Å². The molecule has 21 fully saturated rings. The summed E-state index contributed by atoms with van der Waals surface area (Å²) >= 11 is 0. The fraction of sp³-hybridized carbons (Fsp3) is 1.00. The van der Waals surface area contributed by atoms with Crippen molar-refractivity contribution in [1.29, 1.82) is 0 Å². The molecule has 21 rings (SSSR count). The molecule has 21 aliphatic carbocycles. The SMILES string of the molecule is CCOC1C(C)(C)CCC12CC2.CCOC1C(C)(C)CCC12CCC2.CCOC1C(C)(C)CCC12CCCC2.CCOC1C(C)(C)CCC12CCCCC2.CCOC1C2(CC2)CCC12CC2.CCOC1C2CC(C3CCCC32)C1(C)C.CCOC1C2CCC(CC2)C1(C)C.CCOC1C2CCC1(C)CC2(C)C.CCOC1C2CCCC1CC2. The van der Waals surface area contributed by atoms with Gasteiger partial charge in [-0.15, -0.1) is 0 Å². The minimum atomic E-state index is 0.410. The van der Waals surface area contributed by atoms with Crippen LogP contribution >= 0.6 is 0 Å². The molecule has 21 aliphatic rings. The van der Waals surface area contributed by atoms with Gasteiger partial charge in [-0.05, 0) is 423 Å². The summed E-state index contributed by atoms with van der Waals surface area (Å²) in [6, 6.07) is 0. The summed E-state index contributed by atoms with van der Waals surface area (Å²) in [5.41, 5.74) is 7.31. The molecule has 0 aliphatic heterocycles. The minimum absolute atomic E-state index is 0.410. The standard InChI is InChI=1S/C14H24O.C14H26O.C13H24O.3C12H22O.C11H18O.C11H20O.C10H18O/c1-4-15-13-11-8-12(14(13,2)3)10-7-5-6-9(10)11;1-4-15-12-13(2,3)10-11-14(12)8-6-5-7-9-14;1-4-14-11-12(2,3)9-10-13(11)7-5-6-8-13;1-5-13-10-9-6-7-12(10,4)8-11(9,2)3;1-4-13-11-9-5-7-10(8-6-9)12(11,2)3;1-4-13-10-11(2,3)8-9-12(10)6-5-7-12;1-2-12-9-10(3-4-10)7-8-11(9)5-6-11;1-4-12-9-10(2,3)5-6-11(9)7-8-11;1-2-11-10-8-4-3-5-9(10)7-6-8/h9-13H,4-8H2,1-3H3;12H,4-11H2,1-3H3;11H,4-10H2,1-3H3;9-10H,5-8H2,1-4H3;9-11H,4-8H2,1-3H3;10H,4-9H2,1-3H3;9H,2-8H2,1H3;9H,4-8H2,1-3H3;8-10H,2-7H2,1H3. The van der Waals surface area contributed by atoms with Crippen LogP contribution in [0.25, 0.3) is 0 Å². The van der Waals surface area contributed by atoms with E-state index in [1.165, 1.54) is 283 Å². The van der Waals surface area contributed by atoms with Crippen molar-refractivity contribution in [3.05, 3.63) is 0 Å². The first-order chi connectivity index (χ1) is 56.0. The van der Waals surface area contributed by atoms with Gasteiger partial charge in [0.1, 0.15) is 0 Å². The van der Waals surface area contributed by atoms with E-state index in [2.05, 4.69) is 166 Å². The minimum Gasteiger partial charge on any atom is -0.378 e. The van der Waals surface area contributed by atoms with Crippen LogP contribution in [0.15, 0.2) is 0 Å². The lowest BCUT2D eigenvalue weighted by atomic mass is 9.56. The first kappa shape index (κ1) is 96.7. The monoisotopic (exact) mass is 1650 g/mol. The second-order valence-corrected chi connectivity index (χ2v) is 49.5. The van der Waals surface area contributed by atoms with Crippen molar-refractivity contribution in [3.8, 4) is 0 Å². The van der Waals surface area contributed by atoms with E-state index in [-0.39, 0.29) is 0 Å². The van der Waals surface area contributed by atoms with Gasteiger partial charge in [0.2, 0.25) is 0 Å². The number of fused-ring (bicyclic) bond motifs is 12. The molecular formula is C109H196O9. The van der Waals surface area contributed by atoms with Crippen LogP contribution in [0.5, 0.6) is 0 Å². The Bertz CT molecular complexity index is 2940. The van der Waals surface area contributed by atoms with Gasteiger partial charge in [-0.3, -0.25) is 0 Å². The summed E-state index contributed by atoms with van der Waals surface area (Å²) in [5.74, 6) is 8.40. The van der Waals surface area contributed by atoms with Crippen molar-refractivity contribution >= 4 is 0 Å². The summed E-state index contributed by atoms with van der Waals surface area (Å²) in [6.07, 6.45) is 67.9. The third-order valence-electron chi connectivity index (χ3n) is 39.1. The molecule has 15 atom stereocenters. The molecule has 8 bridgehead atoms. The molecule has 0 radical (unpaired) electrons. The molecule has 0 saturated heterocycles. The van der Waals surface area contributed by atoms with E-state index in [1.807, 2.05) is 0 Å². The highest BCUT2D eigenvalue weighted by molar-refractivity contribution is 5.19. The summed E-state index contributed by atoms with van der Waals surface area (Å²) in [6.45, 7) is 63.2. The Morgan fingerprint density at radius 2 is 0.551 bits per heavy atom. The zero-order chi connectivity index (χ0) is 85.2. The molecule has 0 amide bonds. The molecule has 0 aromatic carbocycles. The Morgan fingerprint density at radius 3 is 0.915 bits per heavy atom. The molecule has 6 spiro atoms. The first-order valence-corrected chi connectivity index (χ1v) is 52.5. The van der Waals surface area contributed by atoms with Gasteiger partial charge >= 0.3 is 0 Å². The highest BCUT2D eigenvalue weighted by Gasteiger charge is 2.69. The lowest BCUT2D eigenvalue weighted by Gasteiger charge is -2.53. The Kier molecular flexibility index (Phi) is 32.1. The molecule has 0 aromatic rings. The second kappa shape index (κ2) is 39.1. The third-order valence-corrected chi connectivity index (χ3v) is 39.1. The largest absolute Gasteiger partial charge is 0.378 e. The Morgan fingerprint density at radius 1 is 0.220 bits per heavy atom. The zero-order valence-corrected chi connectivity index (χ0v) is 82.5. The molecule has 0 heterocycles. The van der Waals surface area contributed by atoms with Gasteiger partial charge in [-0.2, -0.15) is 0 Å². The Labute approximate surface area is 730 Å². The molecule has 15 unspecified atom stereocenters. The van der Waals surface area contributed by atoms with E-state index in [0.29, 0.717) is 131 Å². The lowest BCUT2D eigenvalue weighted by Crippen LogP contribution is -2.51. The maximum Gasteiger partial charge on any atom is 0.0687 e. The molecule has 0 N–H and O–H groups in total. The van der Waals surface area contributed by atoms with Gasteiger partial charge < -0.3 is 42.6 Å². The third kappa shape index (κ3) is 20.1. The van der Waals surface area contributed by atoms with Gasteiger partial charge in [0.15, 0.2) is 0 Å². The van der Waals surface area contributed by atoms with E-state index in [4.69, 9.17) is 42.6 Å². The first-order valence-electron chi connectivity index (χ1n) is 52.5. The average molecular weight is 1650 g/mol. The van der Waals surface area contributed by atoms with Gasteiger partial charge in [0.05, 0.1) is 54.9 Å². The van der Waals surface area contributed by atoms with Crippen LogP contribution in [-0.2, 0) is 42.6 Å². The van der Waals surface area contributed by atoms with Crippen LogP contribution < -0.4 is 0 Å². The molecule has 0 aromatic heterocycles. The number of ether oxygens (including phenoxy) is 9. The molecule has 9 nitrogen and oxygen atoms in total. The van der Waals surface area contributed by atoms with Crippen molar-refractivity contribution in [1.82, 2.24) is 0 Å². The van der Waals surface area contributed by atoms with Crippen molar-refractivity contribution in [3.63, 3.8) is 0 Å². The summed E-state index contributed by atoms with van der Waals surface area (Å²) in [4.78, 5) is 0. The fourth-order valence-electron chi connectivity index (χ4n) is 32.9. The maximum atomic E-state index is 6.11. The van der Waals surface area contributed by atoms with Crippen molar-refractivity contribution in [2.45, 2.75) is 504 Å². The molecule has 686 valence electrons. The van der Waals surface area contributed by atoms with E-state index in [0.717, 1.165) is 113 Å². The predicted molar refractivity (Wildman–Crippen MR) is 492 cm³/mol. The number of rotatable bonds is 18. The van der Waals surface area contributed by atoms with Gasteiger partial charge in [-0.25, -0.2) is 0 Å². The second-order valence-electron chi connectivity index (χ2n) is 49.5. The van der Waals surface area contributed by atoms with Crippen LogP contribution in [0.4, 0.5) is 0 Å². The predicted octanol–water partition coefficient (Wildman–Crippen LogP) is 29.6. The van der Waals surface area contributed by atoms with Gasteiger partial charge in [0.25, 0.3) is 0 Å². The van der Waals surface area contributed by atoms with Crippen LogP contribution in [0.2, 0.25) is 0 Å². The highest BCUT2D eigenvalue weighted by atomic mass is 16.5. The molecule has 118 heavy (non-hydrogen) atoms. The lowest BCUT2D eigenvalue weighted by molar-refractivity contribution is -0.139. The topological polar surface area (TPSA) is 83.1 Å². The maximum absolute atomic E-state index is 6.11. The van der Waals surface area contributed by atoms with Gasteiger partial charge in [0, 0.05) is 59.5 Å². The van der Waals surface area contributed by atoms with E-state index in [9.17, 15) is 0 Å². The number of hydrogen-bond donors (Lipinski definition) is 0. The van der Waals surface area contributed by atoms with Crippen molar-refractivity contribution in [2.24, 2.45) is 129 Å². The molecule has 9 heteroatoms. The summed E-state index contributed by atoms with van der Waals surface area (Å²) in [5, 5.41) is 0. The van der Waals surface area contributed by atoms with Crippen LogP contribution in [0, 0.1) is 129 Å². The van der Waals surface area contributed by atoms with Crippen LogP contribution in [0.1, 0.15) is 449 Å². The number of hydrogen-bond acceptors (Lipinski definition) is 9. The Hall–Kier alpha value is -0.360. The van der Waals surface area contributed by atoms with E-state index in [1.54, 1.807) is 0 Å². The van der Waals surface area contributed by atoms with Crippen molar-refractivity contribution in [2.75, 3.05) is 59.5 Å². The van der Waals surface area contributed by atoms with Gasteiger partial charge in [-0.1, -0.05) is 155 Å². The van der Waals surface area contributed by atoms with E-state index < -0.39 is 0 Å². The summed E-state index contributed by atoms with van der Waals surface area (Å²) in [7, 11) is 0. The van der Waals surface area contributed by atoms with Crippen molar-refractivity contribution < 1.29 is 42.6 Å².